The van der Waals surface area contributed by atoms with Crippen LogP contribution < -0.4 is 10.1 Å². The predicted molar refractivity (Wildman–Crippen MR) is 84.7 cm³/mol. The molecule has 0 bridgehead atoms. The van der Waals surface area contributed by atoms with Crippen LogP contribution in [0.3, 0.4) is 0 Å². The van der Waals surface area contributed by atoms with E-state index >= 15 is 0 Å². The Labute approximate surface area is 139 Å². The van der Waals surface area contributed by atoms with Crippen molar-refractivity contribution in [1.82, 2.24) is 5.32 Å². The summed E-state index contributed by atoms with van der Waals surface area (Å²) in [5.41, 5.74) is -0.785. The van der Waals surface area contributed by atoms with E-state index in [-0.39, 0.29) is 12.3 Å². The molecule has 23 heavy (non-hydrogen) atoms. The summed E-state index contributed by atoms with van der Waals surface area (Å²) >= 11 is 5.88. The Morgan fingerprint density at radius 2 is 2.13 bits per heavy atom. The third-order valence-electron chi connectivity index (χ3n) is 3.81. The highest BCUT2D eigenvalue weighted by molar-refractivity contribution is 6.30. The van der Waals surface area contributed by atoms with E-state index in [0.29, 0.717) is 36.8 Å². The second-order valence-electron chi connectivity index (χ2n) is 5.67. The third kappa shape index (κ3) is 5.11. The van der Waals surface area contributed by atoms with Crippen LogP contribution in [0.1, 0.15) is 26.2 Å². The van der Waals surface area contributed by atoms with Crippen LogP contribution in [-0.4, -0.2) is 41.8 Å². The minimum Gasteiger partial charge on any atom is -0.481 e. The van der Waals surface area contributed by atoms with Crippen molar-refractivity contribution in [2.45, 2.75) is 37.8 Å². The van der Waals surface area contributed by atoms with Crippen LogP contribution >= 0.6 is 11.6 Å². The first-order valence-corrected chi connectivity index (χ1v) is 7.82. The molecule has 2 N–H and O–H groups in total. The summed E-state index contributed by atoms with van der Waals surface area (Å²) in [5.74, 6) is -0.817. The number of carboxylic acids is 1. The van der Waals surface area contributed by atoms with Gasteiger partial charge in [-0.15, -0.1) is 0 Å². The first-order valence-electron chi connectivity index (χ1n) is 7.44. The summed E-state index contributed by atoms with van der Waals surface area (Å²) in [6.07, 6.45) is 0.0394. The molecule has 0 spiro atoms. The number of ether oxygens (including phenoxy) is 2. The molecule has 6 nitrogen and oxygen atoms in total. The number of rotatable bonds is 6. The van der Waals surface area contributed by atoms with Gasteiger partial charge in [0.05, 0.1) is 12.0 Å². The Hall–Kier alpha value is -1.79. The van der Waals surface area contributed by atoms with Crippen LogP contribution in [0.4, 0.5) is 0 Å². The van der Waals surface area contributed by atoms with Gasteiger partial charge in [0.15, 0.2) is 6.10 Å². The van der Waals surface area contributed by atoms with Gasteiger partial charge in [0.25, 0.3) is 5.91 Å². The Bertz CT molecular complexity index is 571. The molecule has 1 fully saturated rings. The molecule has 1 aromatic carbocycles. The number of nitrogens with one attached hydrogen (secondary N) is 1. The van der Waals surface area contributed by atoms with Crippen molar-refractivity contribution >= 4 is 23.5 Å². The summed E-state index contributed by atoms with van der Waals surface area (Å²) in [7, 11) is 0. The summed E-state index contributed by atoms with van der Waals surface area (Å²) in [6.45, 7) is 2.47. The lowest BCUT2D eigenvalue weighted by molar-refractivity contribution is -0.141. The molecule has 0 aromatic heterocycles. The first-order chi connectivity index (χ1) is 10.9. The summed E-state index contributed by atoms with van der Waals surface area (Å²) in [5, 5.41) is 12.5. The minimum absolute atomic E-state index is 0.133. The largest absolute Gasteiger partial charge is 0.481 e. The van der Waals surface area contributed by atoms with Crippen LogP contribution in [0.2, 0.25) is 5.02 Å². The van der Waals surface area contributed by atoms with Gasteiger partial charge in [0, 0.05) is 18.2 Å². The molecule has 2 rings (SSSR count). The van der Waals surface area contributed by atoms with Gasteiger partial charge in [-0.25, -0.2) is 0 Å². The van der Waals surface area contributed by atoms with Crippen molar-refractivity contribution in [3.63, 3.8) is 0 Å². The van der Waals surface area contributed by atoms with Gasteiger partial charge in [-0.3, -0.25) is 9.59 Å². The van der Waals surface area contributed by atoms with E-state index in [1.165, 1.54) is 0 Å². The highest BCUT2D eigenvalue weighted by atomic mass is 35.5. The van der Waals surface area contributed by atoms with Crippen molar-refractivity contribution in [2.75, 3.05) is 13.2 Å². The lowest BCUT2D eigenvalue weighted by atomic mass is 9.86. The Kier molecular flexibility index (Phi) is 5.85. The summed E-state index contributed by atoms with van der Waals surface area (Å²) in [4.78, 5) is 23.5. The number of carbonyl (C=O) groups is 2. The molecule has 1 aromatic rings. The van der Waals surface area contributed by atoms with Crippen LogP contribution in [0.5, 0.6) is 5.75 Å². The fraction of sp³-hybridized carbons (Fsp3) is 0.500. The molecule has 0 aliphatic carbocycles. The van der Waals surface area contributed by atoms with E-state index in [4.69, 9.17) is 26.2 Å². The first kappa shape index (κ1) is 17.6. The zero-order valence-electron chi connectivity index (χ0n) is 12.9. The van der Waals surface area contributed by atoms with E-state index in [1.54, 1.807) is 31.2 Å². The van der Waals surface area contributed by atoms with Crippen LogP contribution in [0.25, 0.3) is 0 Å². The molecule has 7 heteroatoms. The number of benzene rings is 1. The summed E-state index contributed by atoms with van der Waals surface area (Å²) in [6, 6.07) is 6.76. The molecule has 1 atom stereocenters. The fourth-order valence-corrected chi connectivity index (χ4v) is 2.74. The zero-order chi connectivity index (χ0) is 16.9. The van der Waals surface area contributed by atoms with E-state index < -0.39 is 17.6 Å². The van der Waals surface area contributed by atoms with Crippen molar-refractivity contribution in [3.05, 3.63) is 29.3 Å². The Morgan fingerprint density at radius 1 is 1.43 bits per heavy atom. The Balaban J connectivity index is 2.01. The highest BCUT2D eigenvalue weighted by Crippen LogP contribution is 2.25. The van der Waals surface area contributed by atoms with Crippen molar-refractivity contribution in [2.24, 2.45) is 0 Å². The van der Waals surface area contributed by atoms with E-state index in [2.05, 4.69) is 5.32 Å². The molecular formula is C16H20ClNO5. The molecular weight excluding hydrogens is 322 g/mol. The Morgan fingerprint density at radius 3 is 2.74 bits per heavy atom. The summed E-state index contributed by atoms with van der Waals surface area (Å²) < 4.78 is 10.8. The van der Waals surface area contributed by atoms with Gasteiger partial charge in [0.2, 0.25) is 0 Å². The van der Waals surface area contributed by atoms with Gasteiger partial charge in [0.1, 0.15) is 5.75 Å². The number of carboxylic acid groups (broad SMARTS) is 1. The predicted octanol–water partition coefficient (Wildman–Crippen LogP) is 2.25. The van der Waals surface area contributed by atoms with Gasteiger partial charge >= 0.3 is 5.97 Å². The van der Waals surface area contributed by atoms with Gasteiger partial charge < -0.3 is 19.9 Å². The number of carbonyl (C=O) groups excluding carboxylic acids is 1. The lowest BCUT2D eigenvalue weighted by Gasteiger charge is -2.37. The smallest absolute Gasteiger partial charge is 0.305 e. The molecule has 1 aliphatic heterocycles. The molecule has 126 valence electrons. The van der Waals surface area contributed by atoms with Gasteiger partial charge in [-0.1, -0.05) is 17.7 Å². The second kappa shape index (κ2) is 7.66. The number of hydrogen-bond acceptors (Lipinski definition) is 4. The van der Waals surface area contributed by atoms with Gasteiger partial charge in [-0.2, -0.15) is 0 Å². The monoisotopic (exact) mass is 341 g/mol. The average molecular weight is 342 g/mol. The van der Waals surface area contributed by atoms with Gasteiger partial charge in [-0.05, 0) is 38.0 Å². The number of aliphatic carboxylic acids is 1. The molecule has 1 heterocycles. The number of halogens is 1. The normalized spacial score (nSPS) is 18.0. The lowest BCUT2D eigenvalue weighted by Crippen LogP contribution is -2.56. The quantitative estimate of drug-likeness (QED) is 0.829. The average Bonchev–Trinajstić information content (AvgIpc) is 2.47. The maximum Gasteiger partial charge on any atom is 0.305 e. The second-order valence-corrected chi connectivity index (χ2v) is 6.11. The third-order valence-corrected chi connectivity index (χ3v) is 4.04. The standard InChI is InChI=1S/C16H20ClNO5/c1-11(23-13-4-2-3-12(17)9-13)15(21)18-16(10-14(19)20)5-7-22-8-6-16/h2-4,9,11H,5-8,10H2,1H3,(H,18,21)(H,19,20). The number of hydrogen-bond donors (Lipinski definition) is 2. The maximum atomic E-state index is 12.4. The van der Waals surface area contributed by atoms with E-state index in [0.717, 1.165) is 0 Å². The molecule has 0 saturated carbocycles. The van der Waals surface area contributed by atoms with Crippen LogP contribution in [0.15, 0.2) is 24.3 Å². The molecule has 1 aliphatic rings. The zero-order valence-corrected chi connectivity index (χ0v) is 13.6. The van der Waals surface area contributed by atoms with Crippen molar-refractivity contribution < 1.29 is 24.2 Å². The molecule has 1 saturated heterocycles. The van der Waals surface area contributed by atoms with E-state index in [9.17, 15) is 9.59 Å². The molecule has 0 radical (unpaired) electrons. The molecule has 1 amide bonds. The SMILES string of the molecule is CC(Oc1cccc(Cl)c1)C(=O)NC1(CC(=O)O)CCOCC1. The van der Waals surface area contributed by atoms with Crippen LogP contribution in [-0.2, 0) is 14.3 Å². The van der Waals surface area contributed by atoms with E-state index in [1.807, 2.05) is 0 Å². The maximum absolute atomic E-state index is 12.4. The highest BCUT2D eigenvalue weighted by Gasteiger charge is 2.37. The van der Waals surface area contributed by atoms with Crippen LogP contribution in [0, 0.1) is 0 Å². The number of amides is 1. The van der Waals surface area contributed by atoms with Crippen molar-refractivity contribution in [1.29, 1.82) is 0 Å². The van der Waals surface area contributed by atoms with Crippen molar-refractivity contribution in [3.8, 4) is 5.75 Å². The fourth-order valence-electron chi connectivity index (χ4n) is 2.56. The topological polar surface area (TPSA) is 84.9 Å². The minimum atomic E-state index is -0.949. The molecule has 1 unspecified atom stereocenters.